The van der Waals surface area contributed by atoms with Gasteiger partial charge in [0.2, 0.25) is 0 Å². The lowest BCUT2D eigenvalue weighted by atomic mass is 9.97. The zero-order valence-corrected chi connectivity index (χ0v) is 9.63. The Bertz CT molecular complexity index is 357. The number of rotatable bonds is 2. The van der Waals surface area contributed by atoms with Crippen LogP contribution in [0.2, 0.25) is 0 Å². The van der Waals surface area contributed by atoms with Crippen molar-refractivity contribution in [3.63, 3.8) is 0 Å². The molecule has 15 heavy (non-hydrogen) atoms. The SMILES string of the molecule is COC(C)(C)c1nc2c([nH]1)CC(N)CC2. The van der Waals surface area contributed by atoms with Gasteiger partial charge in [-0.3, -0.25) is 0 Å². The molecule has 0 spiro atoms. The second-order valence-corrected chi connectivity index (χ2v) is 4.73. The van der Waals surface area contributed by atoms with Crippen molar-refractivity contribution in [3.05, 3.63) is 17.2 Å². The molecule has 1 aliphatic carbocycles. The van der Waals surface area contributed by atoms with Crippen molar-refractivity contribution in [2.75, 3.05) is 7.11 Å². The van der Waals surface area contributed by atoms with Gasteiger partial charge in [0.15, 0.2) is 0 Å². The molecule has 1 aliphatic rings. The average Bonchev–Trinajstić information content (AvgIpc) is 2.61. The molecule has 0 fully saturated rings. The highest BCUT2D eigenvalue weighted by atomic mass is 16.5. The van der Waals surface area contributed by atoms with Gasteiger partial charge in [-0.2, -0.15) is 0 Å². The van der Waals surface area contributed by atoms with E-state index < -0.39 is 0 Å². The molecule has 2 rings (SSSR count). The molecular weight excluding hydrogens is 190 g/mol. The van der Waals surface area contributed by atoms with E-state index in [1.54, 1.807) is 7.11 Å². The fourth-order valence-corrected chi connectivity index (χ4v) is 1.89. The minimum Gasteiger partial charge on any atom is -0.371 e. The predicted molar refractivity (Wildman–Crippen MR) is 58.6 cm³/mol. The first-order valence-corrected chi connectivity index (χ1v) is 5.42. The van der Waals surface area contributed by atoms with Crippen LogP contribution in [0.1, 0.15) is 37.5 Å². The summed E-state index contributed by atoms with van der Waals surface area (Å²) in [5.41, 5.74) is 7.93. The highest BCUT2D eigenvalue weighted by Gasteiger charge is 2.27. The summed E-state index contributed by atoms with van der Waals surface area (Å²) in [5.74, 6) is 0.907. The van der Waals surface area contributed by atoms with Crippen LogP contribution in [-0.4, -0.2) is 23.1 Å². The van der Waals surface area contributed by atoms with Crippen molar-refractivity contribution in [3.8, 4) is 0 Å². The number of nitrogens with zero attached hydrogens (tertiary/aromatic N) is 1. The van der Waals surface area contributed by atoms with E-state index in [2.05, 4.69) is 9.97 Å². The molecule has 1 unspecified atom stereocenters. The molecule has 0 bridgehead atoms. The summed E-state index contributed by atoms with van der Waals surface area (Å²) < 4.78 is 5.40. The summed E-state index contributed by atoms with van der Waals surface area (Å²) in [4.78, 5) is 7.93. The lowest BCUT2D eigenvalue weighted by Gasteiger charge is -2.19. The summed E-state index contributed by atoms with van der Waals surface area (Å²) in [5, 5.41) is 0. The van der Waals surface area contributed by atoms with Gasteiger partial charge >= 0.3 is 0 Å². The molecule has 0 radical (unpaired) electrons. The fraction of sp³-hybridized carbons (Fsp3) is 0.727. The maximum atomic E-state index is 5.92. The minimum absolute atomic E-state index is 0.274. The second kappa shape index (κ2) is 3.61. The monoisotopic (exact) mass is 209 g/mol. The highest BCUT2D eigenvalue weighted by Crippen LogP contribution is 2.25. The van der Waals surface area contributed by atoms with E-state index in [0.717, 1.165) is 30.8 Å². The van der Waals surface area contributed by atoms with Crippen LogP contribution < -0.4 is 5.73 Å². The largest absolute Gasteiger partial charge is 0.371 e. The van der Waals surface area contributed by atoms with Gasteiger partial charge in [0.05, 0.1) is 5.69 Å². The van der Waals surface area contributed by atoms with Crippen molar-refractivity contribution in [2.24, 2.45) is 5.73 Å². The molecule has 1 aromatic rings. The van der Waals surface area contributed by atoms with Crippen LogP contribution >= 0.6 is 0 Å². The van der Waals surface area contributed by atoms with Crippen molar-refractivity contribution in [1.29, 1.82) is 0 Å². The first kappa shape index (κ1) is 10.6. The standard InChI is InChI=1S/C11H19N3O/c1-11(2,15-3)10-13-8-5-4-7(12)6-9(8)14-10/h7H,4-6,12H2,1-3H3,(H,13,14). The smallest absolute Gasteiger partial charge is 0.138 e. The average molecular weight is 209 g/mol. The first-order chi connectivity index (χ1) is 7.03. The third-order valence-electron chi connectivity index (χ3n) is 3.16. The first-order valence-electron chi connectivity index (χ1n) is 5.42. The number of nitrogens with one attached hydrogen (secondary N) is 1. The Morgan fingerprint density at radius 3 is 2.93 bits per heavy atom. The van der Waals surface area contributed by atoms with Crippen LogP contribution in [0.3, 0.4) is 0 Å². The summed E-state index contributed by atoms with van der Waals surface area (Å²) in [6.45, 7) is 4.02. The van der Waals surface area contributed by atoms with E-state index in [1.165, 1.54) is 5.69 Å². The van der Waals surface area contributed by atoms with Gasteiger partial charge < -0.3 is 15.5 Å². The van der Waals surface area contributed by atoms with Gasteiger partial charge in [0.1, 0.15) is 11.4 Å². The number of H-pyrrole nitrogens is 1. The van der Waals surface area contributed by atoms with Crippen LogP contribution in [0.25, 0.3) is 0 Å². The quantitative estimate of drug-likeness (QED) is 0.766. The van der Waals surface area contributed by atoms with E-state index in [0.29, 0.717) is 0 Å². The van der Waals surface area contributed by atoms with E-state index >= 15 is 0 Å². The van der Waals surface area contributed by atoms with Crippen LogP contribution in [0.4, 0.5) is 0 Å². The van der Waals surface area contributed by atoms with Gasteiger partial charge in [-0.25, -0.2) is 4.98 Å². The lowest BCUT2D eigenvalue weighted by Crippen LogP contribution is -2.27. The van der Waals surface area contributed by atoms with Gasteiger partial charge in [-0.05, 0) is 26.7 Å². The third kappa shape index (κ3) is 1.92. The Morgan fingerprint density at radius 1 is 1.53 bits per heavy atom. The molecule has 4 nitrogen and oxygen atoms in total. The molecule has 0 aliphatic heterocycles. The number of methoxy groups -OCH3 is 1. The van der Waals surface area contributed by atoms with Crippen LogP contribution in [0, 0.1) is 0 Å². The number of nitrogens with two attached hydrogens (primary N) is 1. The number of aromatic nitrogens is 2. The second-order valence-electron chi connectivity index (χ2n) is 4.73. The number of fused-ring (bicyclic) bond motifs is 1. The Kier molecular flexibility index (Phi) is 2.56. The fourth-order valence-electron chi connectivity index (χ4n) is 1.89. The van der Waals surface area contributed by atoms with Crippen LogP contribution in [0.15, 0.2) is 0 Å². The van der Waals surface area contributed by atoms with Crippen molar-refractivity contribution >= 4 is 0 Å². The van der Waals surface area contributed by atoms with Gasteiger partial charge in [-0.15, -0.1) is 0 Å². The molecule has 3 N–H and O–H groups in total. The number of hydrogen-bond acceptors (Lipinski definition) is 3. The Labute approximate surface area is 90.2 Å². The van der Waals surface area contributed by atoms with E-state index in [4.69, 9.17) is 10.5 Å². The summed E-state index contributed by atoms with van der Waals surface area (Å²) in [6.07, 6.45) is 2.92. The zero-order chi connectivity index (χ0) is 11.1. The number of aryl methyl sites for hydroxylation is 1. The molecule has 0 amide bonds. The van der Waals surface area contributed by atoms with Crippen LogP contribution in [-0.2, 0) is 23.2 Å². The normalized spacial score (nSPS) is 21.5. The molecule has 0 aromatic carbocycles. The summed E-state index contributed by atoms with van der Waals surface area (Å²) in [6, 6.07) is 0.274. The third-order valence-corrected chi connectivity index (χ3v) is 3.16. The molecule has 84 valence electrons. The van der Waals surface area contributed by atoms with Gasteiger partial charge in [0, 0.05) is 25.3 Å². The number of ether oxygens (including phenoxy) is 1. The van der Waals surface area contributed by atoms with Gasteiger partial charge in [-0.1, -0.05) is 0 Å². The van der Waals surface area contributed by atoms with Crippen molar-refractivity contribution < 1.29 is 4.74 Å². The Hall–Kier alpha value is -0.870. The van der Waals surface area contributed by atoms with Crippen molar-refractivity contribution in [2.45, 2.75) is 44.8 Å². The maximum absolute atomic E-state index is 5.92. The topological polar surface area (TPSA) is 63.9 Å². The van der Waals surface area contributed by atoms with E-state index in [-0.39, 0.29) is 11.6 Å². The molecule has 1 heterocycles. The van der Waals surface area contributed by atoms with Crippen molar-refractivity contribution in [1.82, 2.24) is 9.97 Å². The molecule has 1 atom stereocenters. The summed E-state index contributed by atoms with van der Waals surface area (Å²) >= 11 is 0. The Balaban J connectivity index is 2.30. The molecule has 0 saturated heterocycles. The minimum atomic E-state index is -0.346. The number of hydrogen-bond donors (Lipinski definition) is 2. The zero-order valence-electron chi connectivity index (χ0n) is 9.63. The van der Waals surface area contributed by atoms with E-state index in [1.807, 2.05) is 13.8 Å². The van der Waals surface area contributed by atoms with E-state index in [9.17, 15) is 0 Å². The molecule has 4 heteroatoms. The molecule has 1 aromatic heterocycles. The van der Waals surface area contributed by atoms with Crippen LogP contribution in [0.5, 0.6) is 0 Å². The molecular formula is C11H19N3O. The molecule has 0 saturated carbocycles. The maximum Gasteiger partial charge on any atom is 0.138 e. The number of aromatic amines is 1. The summed E-state index contributed by atoms with van der Waals surface area (Å²) in [7, 11) is 1.70. The predicted octanol–water partition coefficient (Wildman–Crippen LogP) is 1.11. The Morgan fingerprint density at radius 2 is 2.27 bits per heavy atom. The van der Waals surface area contributed by atoms with Gasteiger partial charge in [0.25, 0.3) is 0 Å². The number of imidazole rings is 1. The highest BCUT2D eigenvalue weighted by molar-refractivity contribution is 5.21. The lowest BCUT2D eigenvalue weighted by molar-refractivity contribution is 0.0120.